The third-order valence-corrected chi connectivity index (χ3v) is 4.31. The highest BCUT2D eigenvalue weighted by Gasteiger charge is 2.40. The first-order chi connectivity index (χ1) is 7.80. The second-order valence-corrected chi connectivity index (χ2v) is 5.83. The molecule has 0 aliphatic rings. The van der Waals surface area contributed by atoms with Gasteiger partial charge in [-0.2, -0.15) is 13.2 Å². The summed E-state index contributed by atoms with van der Waals surface area (Å²) in [7, 11) is 0. The SMILES string of the molecule is OC(c1ccc(Br)c2sc(S)nc12)C(F)(F)F. The monoisotopic (exact) mass is 343 g/mol. The number of fused-ring (bicyclic) bond motifs is 1. The van der Waals surface area contributed by atoms with Crippen LogP contribution in [0.3, 0.4) is 0 Å². The summed E-state index contributed by atoms with van der Waals surface area (Å²) in [6.07, 6.45) is -7.24. The summed E-state index contributed by atoms with van der Waals surface area (Å²) in [6, 6.07) is 2.66. The van der Waals surface area contributed by atoms with E-state index in [2.05, 4.69) is 33.5 Å². The Morgan fingerprint density at radius 1 is 1.41 bits per heavy atom. The van der Waals surface area contributed by atoms with E-state index in [1.54, 1.807) is 0 Å². The molecule has 0 saturated carbocycles. The molecule has 8 heteroatoms. The zero-order valence-electron chi connectivity index (χ0n) is 7.99. The Labute approximate surface area is 112 Å². The average molecular weight is 344 g/mol. The maximum atomic E-state index is 12.5. The molecule has 0 spiro atoms. The summed E-state index contributed by atoms with van der Waals surface area (Å²) in [4.78, 5) is 3.90. The first-order valence-corrected chi connectivity index (χ1v) is 6.39. The van der Waals surface area contributed by atoms with Gasteiger partial charge in [-0.1, -0.05) is 6.07 Å². The number of halogens is 4. The van der Waals surface area contributed by atoms with Gasteiger partial charge in [0.15, 0.2) is 6.10 Å². The van der Waals surface area contributed by atoms with Gasteiger partial charge in [0.1, 0.15) is 4.34 Å². The highest BCUT2D eigenvalue weighted by atomic mass is 79.9. The molecular weight excluding hydrogens is 339 g/mol. The Hall–Kier alpha value is -0.310. The molecule has 0 aliphatic heterocycles. The molecule has 1 aromatic carbocycles. The Kier molecular flexibility index (Phi) is 3.41. The number of aromatic nitrogens is 1. The molecule has 17 heavy (non-hydrogen) atoms. The molecule has 0 bridgehead atoms. The van der Waals surface area contributed by atoms with Crippen LogP contribution in [0.15, 0.2) is 20.9 Å². The van der Waals surface area contributed by atoms with Gasteiger partial charge in [-0.25, -0.2) is 4.98 Å². The largest absolute Gasteiger partial charge is 0.418 e. The van der Waals surface area contributed by atoms with Gasteiger partial charge in [0.05, 0.1) is 10.2 Å². The predicted molar refractivity (Wildman–Crippen MR) is 65.6 cm³/mol. The molecule has 1 unspecified atom stereocenters. The number of aliphatic hydroxyl groups is 1. The van der Waals surface area contributed by atoms with Crippen molar-refractivity contribution in [2.24, 2.45) is 0 Å². The summed E-state index contributed by atoms with van der Waals surface area (Å²) in [5.41, 5.74) is -0.133. The first kappa shape index (κ1) is 13.1. The maximum Gasteiger partial charge on any atom is 0.418 e. The fourth-order valence-corrected chi connectivity index (χ4v) is 3.06. The number of hydrogen-bond donors (Lipinski definition) is 2. The summed E-state index contributed by atoms with van der Waals surface area (Å²) in [5.74, 6) is 0. The smallest absolute Gasteiger partial charge is 0.379 e. The molecule has 92 valence electrons. The topological polar surface area (TPSA) is 33.1 Å². The molecule has 0 saturated heterocycles. The van der Waals surface area contributed by atoms with Crippen molar-refractivity contribution in [3.8, 4) is 0 Å². The molecule has 1 atom stereocenters. The van der Waals surface area contributed by atoms with Crippen LogP contribution in [0, 0.1) is 0 Å². The molecule has 0 radical (unpaired) electrons. The van der Waals surface area contributed by atoms with Gasteiger partial charge < -0.3 is 5.11 Å². The number of benzene rings is 1. The number of nitrogens with zero attached hydrogens (tertiary/aromatic N) is 1. The summed E-state index contributed by atoms with van der Waals surface area (Å²) < 4.78 is 38.9. The Morgan fingerprint density at radius 2 is 2.06 bits per heavy atom. The zero-order chi connectivity index (χ0) is 12.8. The Morgan fingerprint density at radius 3 is 2.65 bits per heavy atom. The van der Waals surface area contributed by atoms with Crippen LogP contribution in [0.2, 0.25) is 0 Å². The number of thiol groups is 1. The molecule has 1 N–H and O–H groups in total. The second kappa shape index (κ2) is 4.42. The summed E-state index contributed by atoms with van der Waals surface area (Å²) >= 11 is 8.37. The number of hydrogen-bond acceptors (Lipinski definition) is 4. The van der Waals surface area contributed by atoms with E-state index in [0.29, 0.717) is 13.5 Å². The molecule has 2 aromatic rings. The lowest BCUT2D eigenvalue weighted by Crippen LogP contribution is -2.20. The molecule has 0 fully saturated rings. The highest BCUT2D eigenvalue weighted by molar-refractivity contribution is 9.10. The normalized spacial score (nSPS) is 14.2. The number of thiazole rings is 1. The Bertz CT molecular complexity index is 569. The number of aliphatic hydroxyl groups excluding tert-OH is 1. The molecule has 2 rings (SSSR count). The van der Waals surface area contributed by atoms with Crippen molar-refractivity contribution in [3.05, 3.63) is 22.2 Å². The van der Waals surface area contributed by atoms with E-state index in [1.165, 1.54) is 12.1 Å². The van der Waals surface area contributed by atoms with Crippen LogP contribution in [0.4, 0.5) is 13.2 Å². The van der Waals surface area contributed by atoms with Crippen LogP contribution in [-0.2, 0) is 0 Å². The average Bonchev–Trinajstić information content (AvgIpc) is 2.59. The van der Waals surface area contributed by atoms with Crippen LogP contribution >= 0.6 is 39.9 Å². The number of rotatable bonds is 1. The van der Waals surface area contributed by atoms with Crippen molar-refractivity contribution in [2.75, 3.05) is 0 Å². The minimum atomic E-state index is -4.71. The molecular formula is C9H5BrF3NOS2. The fraction of sp³-hybridized carbons (Fsp3) is 0.222. The van der Waals surface area contributed by atoms with Crippen molar-refractivity contribution in [3.63, 3.8) is 0 Å². The third-order valence-electron chi connectivity index (χ3n) is 2.12. The van der Waals surface area contributed by atoms with Gasteiger partial charge in [0, 0.05) is 10.0 Å². The lowest BCUT2D eigenvalue weighted by molar-refractivity contribution is -0.206. The van der Waals surface area contributed by atoms with Crippen LogP contribution in [0.25, 0.3) is 10.2 Å². The zero-order valence-corrected chi connectivity index (χ0v) is 11.3. The molecule has 1 aromatic heterocycles. The quantitative estimate of drug-likeness (QED) is 0.768. The standard InChI is InChI=1S/C9H5BrF3NOS2/c10-4-2-1-3(7(15)9(11,12)13)5-6(4)17-8(16)14-5/h1-2,7,15H,(H,14,16). The van der Waals surface area contributed by atoms with Crippen LogP contribution in [-0.4, -0.2) is 16.3 Å². The van der Waals surface area contributed by atoms with Gasteiger partial charge >= 0.3 is 6.18 Å². The lowest BCUT2D eigenvalue weighted by atomic mass is 10.1. The van der Waals surface area contributed by atoms with Crippen LogP contribution < -0.4 is 0 Å². The fourth-order valence-electron chi connectivity index (χ4n) is 1.38. The predicted octanol–water partition coefficient (Wildman–Crippen LogP) is 3.94. The Balaban J connectivity index is 2.67. The van der Waals surface area contributed by atoms with Crippen molar-refractivity contribution >= 4 is 50.1 Å². The van der Waals surface area contributed by atoms with Crippen molar-refractivity contribution in [1.29, 1.82) is 0 Å². The van der Waals surface area contributed by atoms with E-state index in [1.807, 2.05) is 0 Å². The minimum Gasteiger partial charge on any atom is -0.379 e. The lowest BCUT2D eigenvalue weighted by Gasteiger charge is -2.15. The van der Waals surface area contributed by atoms with Gasteiger partial charge in [-0.3, -0.25) is 0 Å². The first-order valence-electron chi connectivity index (χ1n) is 4.33. The third kappa shape index (κ3) is 2.44. The summed E-state index contributed by atoms with van der Waals surface area (Å²) in [5, 5.41) is 9.25. The van der Waals surface area contributed by atoms with E-state index in [9.17, 15) is 18.3 Å². The summed E-state index contributed by atoms with van der Waals surface area (Å²) in [6.45, 7) is 0. The maximum absolute atomic E-state index is 12.5. The molecule has 0 amide bonds. The van der Waals surface area contributed by atoms with Gasteiger partial charge in [0.25, 0.3) is 0 Å². The van der Waals surface area contributed by atoms with Crippen molar-refractivity contribution in [1.82, 2.24) is 4.98 Å². The van der Waals surface area contributed by atoms with Gasteiger partial charge in [-0.15, -0.1) is 24.0 Å². The van der Waals surface area contributed by atoms with E-state index < -0.39 is 12.3 Å². The molecule has 2 nitrogen and oxygen atoms in total. The van der Waals surface area contributed by atoms with Gasteiger partial charge in [-0.05, 0) is 22.0 Å². The second-order valence-electron chi connectivity index (χ2n) is 3.25. The molecule has 0 aliphatic carbocycles. The minimum absolute atomic E-state index is 0.124. The van der Waals surface area contributed by atoms with Crippen molar-refractivity contribution in [2.45, 2.75) is 16.6 Å². The van der Waals surface area contributed by atoms with E-state index in [4.69, 9.17) is 0 Å². The van der Waals surface area contributed by atoms with E-state index >= 15 is 0 Å². The van der Waals surface area contributed by atoms with Crippen LogP contribution in [0.1, 0.15) is 11.7 Å². The van der Waals surface area contributed by atoms with Crippen molar-refractivity contribution < 1.29 is 18.3 Å². The number of alkyl halides is 3. The van der Waals surface area contributed by atoms with E-state index in [-0.39, 0.29) is 11.1 Å². The highest BCUT2D eigenvalue weighted by Crippen LogP contribution is 2.40. The van der Waals surface area contributed by atoms with Gasteiger partial charge in [0.2, 0.25) is 0 Å². The van der Waals surface area contributed by atoms with E-state index in [0.717, 1.165) is 11.3 Å². The van der Waals surface area contributed by atoms with Crippen LogP contribution in [0.5, 0.6) is 0 Å². The molecule has 1 heterocycles.